The average molecular weight is 268 g/mol. The van der Waals surface area contributed by atoms with Crippen LogP contribution in [0.2, 0.25) is 0 Å². The Morgan fingerprint density at radius 2 is 2.28 bits per heavy atom. The van der Waals surface area contributed by atoms with Crippen molar-refractivity contribution in [2.45, 2.75) is 25.7 Å². The van der Waals surface area contributed by atoms with Gasteiger partial charge in [-0.15, -0.1) is 11.6 Å². The van der Waals surface area contributed by atoms with Crippen molar-refractivity contribution in [3.8, 4) is 5.75 Å². The smallest absolute Gasteiger partial charge is 0.122 e. The minimum atomic E-state index is 0.582. The van der Waals surface area contributed by atoms with Gasteiger partial charge in [0.05, 0.1) is 6.61 Å². The summed E-state index contributed by atoms with van der Waals surface area (Å²) in [5, 5.41) is 3.57. The zero-order chi connectivity index (χ0) is 12.8. The van der Waals surface area contributed by atoms with Crippen molar-refractivity contribution < 1.29 is 4.74 Å². The molecule has 0 bridgehead atoms. The molecule has 0 saturated heterocycles. The van der Waals surface area contributed by atoms with E-state index >= 15 is 0 Å². The predicted octanol–water partition coefficient (Wildman–Crippen LogP) is 3.41. The maximum Gasteiger partial charge on any atom is 0.122 e. The Labute approximate surface area is 115 Å². The number of nitrogens with one attached hydrogen (secondary N) is 1. The van der Waals surface area contributed by atoms with Crippen LogP contribution < -0.4 is 10.1 Å². The maximum atomic E-state index is 5.75. The van der Waals surface area contributed by atoms with Gasteiger partial charge in [0.2, 0.25) is 0 Å². The molecule has 1 aromatic rings. The summed E-state index contributed by atoms with van der Waals surface area (Å²) in [5.74, 6) is 3.04. The molecule has 0 aromatic heterocycles. The zero-order valence-corrected chi connectivity index (χ0v) is 11.7. The Morgan fingerprint density at radius 3 is 3.11 bits per heavy atom. The fourth-order valence-electron chi connectivity index (χ4n) is 2.42. The van der Waals surface area contributed by atoms with Crippen LogP contribution in [0.3, 0.4) is 0 Å². The number of fused-ring (bicyclic) bond motifs is 1. The topological polar surface area (TPSA) is 21.3 Å². The van der Waals surface area contributed by atoms with E-state index in [0.29, 0.717) is 11.8 Å². The maximum absolute atomic E-state index is 5.75. The third-order valence-corrected chi connectivity index (χ3v) is 3.79. The lowest BCUT2D eigenvalue weighted by molar-refractivity contribution is 0.263. The van der Waals surface area contributed by atoms with E-state index in [0.717, 1.165) is 44.2 Å². The predicted molar refractivity (Wildman–Crippen MR) is 76.7 cm³/mol. The monoisotopic (exact) mass is 267 g/mol. The Kier molecular flexibility index (Phi) is 5.33. The fraction of sp³-hybridized carbons (Fsp3) is 0.600. The molecule has 18 heavy (non-hydrogen) atoms. The molecule has 3 heteroatoms. The average Bonchev–Trinajstić information content (AvgIpc) is 2.39. The summed E-state index contributed by atoms with van der Waals surface area (Å²) in [4.78, 5) is 0. The molecule has 1 aromatic carbocycles. The highest BCUT2D eigenvalue weighted by atomic mass is 35.5. The van der Waals surface area contributed by atoms with Crippen LogP contribution in [0.15, 0.2) is 24.3 Å². The van der Waals surface area contributed by atoms with Gasteiger partial charge in [-0.2, -0.15) is 0 Å². The Balaban J connectivity index is 1.84. The molecule has 1 N–H and O–H groups in total. The van der Waals surface area contributed by atoms with Gasteiger partial charge in [0, 0.05) is 18.3 Å². The molecule has 100 valence electrons. The summed E-state index contributed by atoms with van der Waals surface area (Å²) < 4.78 is 5.67. The first-order chi connectivity index (χ1) is 8.81. The largest absolute Gasteiger partial charge is 0.493 e. The molecule has 0 amide bonds. The summed E-state index contributed by atoms with van der Waals surface area (Å²) in [5.41, 5.74) is 1.35. The van der Waals surface area contributed by atoms with Crippen LogP contribution in [-0.2, 0) is 0 Å². The summed E-state index contributed by atoms with van der Waals surface area (Å²) in [6.45, 7) is 5.16. The minimum Gasteiger partial charge on any atom is -0.493 e. The molecule has 1 aliphatic rings. The lowest BCUT2D eigenvalue weighted by Crippen LogP contribution is -2.29. The highest BCUT2D eigenvalue weighted by Crippen LogP contribution is 2.32. The first-order valence-electron chi connectivity index (χ1n) is 6.79. The zero-order valence-electron chi connectivity index (χ0n) is 11.0. The molecule has 0 fully saturated rings. The Bertz CT molecular complexity index is 369. The van der Waals surface area contributed by atoms with Gasteiger partial charge in [0.1, 0.15) is 5.75 Å². The van der Waals surface area contributed by atoms with E-state index in [-0.39, 0.29) is 0 Å². The number of halogens is 1. The van der Waals surface area contributed by atoms with Gasteiger partial charge in [-0.25, -0.2) is 0 Å². The van der Waals surface area contributed by atoms with E-state index in [1.54, 1.807) is 0 Å². The molecular weight excluding hydrogens is 246 g/mol. The van der Waals surface area contributed by atoms with Gasteiger partial charge in [0.15, 0.2) is 0 Å². The third-order valence-electron chi connectivity index (χ3n) is 3.57. The summed E-state index contributed by atoms with van der Waals surface area (Å²) in [7, 11) is 0. The van der Waals surface area contributed by atoms with Crippen molar-refractivity contribution in [2.24, 2.45) is 5.92 Å². The number of ether oxygens (including phenoxy) is 1. The van der Waals surface area contributed by atoms with Crippen molar-refractivity contribution in [2.75, 3.05) is 25.6 Å². The SMILES string of the molecule is CC(CCCl)CNCC1CCOc2ccccc21. The van der Waals surface area contributed by atoms with E-state index in [1.807, 2.05) is 6.07 Å². The molecule has 2 atom stereocenters. The van der Waals surface area contributed by atoms with E-state index < -0.39 is 0 Å². The van der Waals surface area contributed by atoms with Gasteiger partial charge >= 0.3 is 0 Å². The van der Waals surface area contributed by atoms with Crippen molar-refractivity contribution >= 4 is 11.6 Å². The summed E-state index contributed by atoms with van der Waals surface area (Å²) in [6.07, 6.45) is 2.19. The van der Waals surface area contributed by atoms with Crippen molar-refractivity contribution in [3.05, 3.63) is 29.8 Å². The van der Waals surface area contributed by atoms with Gasteiger partial charge in [-0.05, 0) is 36.9 Å². The van der Waals surface area contributed by atoms with Gasteiger partial charge in [-0.3, -0.25) is 0 Å². The minimum absolute atomic E-state index is 0.582. The van der Waals surface area contributed by atoms with Crippen LogP contribution in [0.1, 0.15) is 31.2 Å². The summed E-state index contributed by atoms with van der Waals surface area (Å²) >= 11 is 5.75. The second-order valence-corrected chi connectivity index (χ2v) is 5.49. The molecule has 1 aliphatic heterocycles. The Hall–Kier alpha value is -0.730. The standard InChI is InChI=1S/C15H22ClNO/c1-12(6-8-16)10-17-11-13-7-9-18-15-5-3-2-4-14(13)15/h2-5,12-13,17H,6-11H2,1H3. The van der Waals surface area contributed by atoms with E-state index in [4.69, 9.17) is 16.3 Å². The van der Waals surface area contributed by atoms with Gasteiger partial charge in [-0.1, -0.05) is 25.1 Å². The van der Waals surface area contributed by atoms with Crippen molar-refractivity contribution in [1.29, 1.82) is 0 Å². The molecule has 0 saturated carbocycles. The molecule has 0 spiro atoms. The van der Waals surface area contributed by atoms with Crippen LogP contribution in [0.5, 0.6) is 5.75 Å². The number of benzene rings is 1. The van der Waals surface area contributed by atoms with Crippen molar-refractivity contribution in [3.63, 3.8) is 0 Å². The molecule has 1 heterocycles. The number of hydrogen-bond donors (Lipinski definition) is 1. The highest BCUT2D eigenvalue weighted by Gasteiger charge is 2.20. The quantitative estimate of drug-likeness (QED) is 0.798. The third kappa shape index (κ3) is 3.63. The lowest BCUT2D eigenvalue weighted by atomic mass is 9.93. The van der Waals surface area contributed by atoms with E-state index in [1.165, 1.54) is 5.56 Å². The number of rotatable bonds is 6. The van der Waals surface area contributed by atoms with Crippen LogP contribution in [-0.4, -0.2) is 25.6 Å². The summed E-state index contributed by atoms with van der Waals surface area (Å²) in [6, 6.07) is 8.38. The van der Waals surface area contributed by atoms with E-state index in [9.17, 15) is 0 Å². The molecular formula is C15H22ClNO. The van der Waals surface area contributed by atoms with Crippen LogP contribution in [0.25, 0.3) is 0 Å². The first-order valence-corrected chi connectivity index (χ1v) is 7.33. The first kappa shape index (κ1) is 13.7. The number of alkyl halides is 1. The second-order valence-electron chi connectivity index (χ2n) is 5.11. The van der Waals surface area contributed by atoms with Crippen molar-refractivity contribution in [1.82, 2.24) is 5.32 Å². The van der Waals surface area contributed by atoms with Gasteiger partial charge in [0.25, 0.3) is 0 Å². The van der Waals surface area contributed by atoms with Crippen LogP contribution in [0, 0.1) is 5.92 Å². The second kappa shape index (κ2) is 7.01. The molecule has 2 rings (SSSR count). The molecule has 0 aliphatic carbocycles. The molecule has 2 nitrogen and oxygen atoms in total. The van der Waals surface area contributed by atoms with Crippen LogP contribution in [0.4, 0.5) is 0 Å². The normalized spacial score (nSPS) is 20.0. The fourth-order valence-corrected chi connectivity index (χ4v) is 2.79. The number of para-hydroxylation sites is 1. The molecule has 0 radical (unpaired) electrons. The Morgan fingerprint density at radius 1 is 1.44 bits per heavy atom. The van der Waals surface area contributed by atoms with Crippen LogP contribution >= 0.6 is 11.6 Å². The van der Waals surface area contributed by atoms with E-state index in [2.05, 4.69) is 30.4 Å². The number of hydrogen-bond acceptors (Lipinski definition) is 2. The van der Waals surface area contributed by atoms with Gasteiger partial charge < -0.3 is 10.1 Å². The lowest BCUT2D eigenvalue weighted by Gasteiger charge is -2.26. The molecule has 2 unspecified atom stereocenters. The highest BCUT2D eigenvalue weighted by molar-refractivity contribution is 6.17.